The maximum Gasteiger partial charge on any atom is 0.407 e. The highest BCUT2D eigenvalue weighted by Gasteiger charge is 2.27. The zero-order chi connectivity index (χ0) is 23.1. The lowest BCUT2D eigenvalue weighted by atomic mass is 10.2. The van der Waals surface area contributed by atoms with Crippen molar-refractivity contribution in [2.45, 2.75) is 38.3 Å². The maximum atomic E-state index is 13.6. The number of nitrogens with one attached hydrogen (secondary N) is 3. The van der Waals surface area contributed by atoms with E-state index in [0.29, 0.717) is 19.3 Å². The van der Waals surface area contributed by atoms with Crippen molar-refractivity contribution in [3.05, 3.63) is 65.5 Å². The summed E-state index contributed by atoms with van der Waals surface area (Å²) in [5.74, 6) is -3.29. The molecule has 0 aromatic heterocycles. The zero-order valence-electron chi connectivity index (χ0n) is 17.3. The van der Waals surface area contributed by atoms with Gasteiger partial charge in [-0.2, -0.15) is 0 Å². The first-order valence-electron chi connectivity index (χ1n) is 10.1. The number of ether oxygens (including phenoxy) is 1. The van der Waals surface area contributed by atoms with Crippen LogP contribution in [0.5, 0.6) is 0 Å². The summed E-state index contributed by atoms with van der Waals surface area (Å²) in [6.07, 6.45) is 1.26. The van der Waals surface area contributed by atoms with Crippen LogP contribution in [0.25, 0.3) is 0 Å². The Morgan fingerprint density at radius 2 is 1.91 bits per heavy atom. The van der Waals surface area contributed by atoms with Crippen molar-refractivity contribution in [1.82, 2.24) is 10.6 Å². The third kappa shape index (κ3) is 6.47. The molecule has 7 nitrogen and oxygen atoms in total. The Labute approximate surface area is 183 Å². The lowest BCUT2D eigenvalue weighted by Gasteiger charge is -2.15. The zero-order valence-corrected chi connectivity index (χ0v) is 17.3. The number of carbonyl (C=O) groups excluding carboxylic acids is 2. The molecule has 1 fully saturated rings. The molecule has 170 valence electrons. The third-order valence-electron chi connectivity index (χ3n) is 4.82. The number of benzene rings is 2. The molecule has 3 N–H and O–H groups in total. The van der Waals surface area contributed by atoms with Gasteiger partial charge in [-0.3, -0.25) is 10.1 Å². The minimum Gasteiger partial charge on any atom is -0.450 e. The Balaban J connectivity index is 1.76. The van der Waals surface area contributed by atoms with Crippen molar-refractivity contribution in [3.63, 3.8) is 0 Å². The van der Waals surface area contributed by atoms with Crippen LogP contribution in [0.2, 0.25) is 0 Å². The van der Waals surface area contributed by atoms with Crippen LogP contribution in [0.4, 0.5) is 23.7 Å². The van der Waals surface area contributed by atoms with Gasteiger partial charge in [0.05, 0.1) is 12.6 Å². The number of anilines is 1. The van der Waals surface area contributed by atoms with Crippen molar-refractivity contribution in [1.29, 1.82) is 0 Å². The fraction of sp³-hybridized carbons (Fsp3) is 0.318. The number of nitrogens with zero attached hydrogens (tertiary/aromatic N) is 1. The predicted octanol–water partition coefficient (Wildman–Crippen LogP) is 3.97. The van der Waals surface area contributed by atoms with E-state index < -0.39 is 29.5 Å². The average Bonchev–Trinajstić information content (AvgIpc) is 3.17. The maximum absolute atomic E-state index is 13.6. The molecular formula is C22H23F3N4O3. The smallest absolute Gasteiger partial charge is 0.407 e. The second-order valence-corrected chi connectivity index (χ2v) is 7.22. The molecule has 1 saturated carbocycles. The van der Waals surface area contributed by atoms with Crippen LogP contribution in [0.15, 0.2) is 47.5 Å². The van der Waals surface area contributed by atoms with Crippen molar-refractivity contribution in [2.24, 2.45) is 4.99 Å². The topological polar surface area (TPSA) is 91.8 Å². The number of alkyl carbamates (subject to hydrolysis) is 1. The van der Waals surface area contributed by atoms with E-state index in [0.717, 1.165) is 18.2 Å². The summed E-state index contributed by atoms with van der Waals surface area (Å²) in [5.41, 5.74) is 0.236. The monoisotopic (exact) mass is 448 g/mol. The second-order valence-electron chi connectivity index (χ2n) is 7.22. The SMILES string of the molecule is CCOC(=O)NC1CCC(N=C(NC(=O)c2cccc(F)c2)Nc2ccc(F)c(F)c2)C1. The fourth-order valence-corrected chi connectivity index (χ4v) is 3.34. The Hall–Kier alpha value is -3.56. The molecule has 32 heavy (non-hydrogen) atoms. The van der Waals surface area contributed by atoms with E-state index in [1.165, 1.54) is 24.3 Å². The van der Waals surface area contributed by atoms with Crippen molar-refractivity contribution < 1.29 is 27.5 Å². The van der Waals surface area contributed by atoms with E-state index in [4.69, 9.17) is 4.74 Å². The summed E-state index contributed by atoms with van der Waals surface area (Å²) < 4.78 is 45.2. The first-order chi connectivity index (χ1) is 15.3. The van der Waals surface area contributed by atoms with E-state index in [1.807, 2.05) is 0 Å². The number of carbonyl (C=O) groups is 2. The van der Waals surface area contributed by atoms with Crippen LogP contribution in [0, 0.1) is 17.5 Å². The highest BCUT2D eigenvalue weighted by Crippen LogP contribution is 2.23. The minimum absolute atomic E-state index is 0.00736. The Bertz CT molecular complexity index is 1020. The Morgan fingerprint density at radius 3 is 2.62 bits per heavy atom. The van der Waals surface area contributed by atoms with Gasteiger partial charge in [-0.15, -0.1) is 0 Å². The fourth-order valence-electron chi connectivity index (χ4n) is 3.34. The van der Waals surface area contributed by atoms with Crippen molar-refractivity contribution in [2.75, 3.05) is 11.9 Å². The highest BCUT2D eigenvalue weighted by molar-refractivity contribution is 6.10. The first-order valence-corrected chi connectivity index (χ1v) is 10.1. The van der Waals surface area contributed by atoms with E-state index in [2.05, 4.69) is 20.9 Å². The summed E-state index contributed by atoms with van der Waals surface area (Å²) in [4.78, 5) is 28.7. The van der Waals surface area contributed by atoms with E-state index in [9.17, 15) is 22.8 Å². The van der Waals surface area contributed by atoms with E-state index in [1.54, 1.807) is 6.92 Å². The van der Waals surface area contributed by atoms with Gasteiger partial charge in [0.1, 0.15) is 5.82 Å². The van der Waals surface area contributed by atoms with Crippen molar-refractivity contribution in [3.8, 4) is 0 Å². The molecule has 1 aliphatic carbocycles. The molecule has 10 heteroatoms. The van der Waals surface area contributed by atoms with Crippen LogP contribution in [-0.2, 0) is 4.74 Å². The number of guanidine groups is 1. The molecule has 3 rings (SSSR count). The van der Waals surface area contributed by atoms with Gasteiger partial charge in [-0.1, -0.05) is 6.07 Å². The quantitative estimate of drug-likeness (QED) is 0.477. The Kier molecular flexibility index (Phi) is 7.69. The molecule has 2 unspecified atom stereocenters. The minimum atomic E-state index is -1.06. The number of hydrogen-bond donors (Lipinski definition) is 3. The Morgan fingerprint density at radius 1 is 1.09 bits per heavy atom. The molecule has 0 radical (unpaired) electrons. The van der Waals surface area contributed by atoms with Gasteiger partial charge >= 0.3 is 6.09 Å². The molecule has 0 aliphatic heterocycles. The van der Waals surface area contributed by atoms with Crippen LogP contribution in [0.3, 0.4) is 0 Å². The first kappa shape index (κ1) is 23.1. The third-order valence-corrected chi connectivity index (χ3v) is 4.82. The summed E-state index contributed by atoms with van der Waals surface area (Å²) in [5, 5.41) is 8.07. The molecule has 0 bridgehead atoms. The summed E-state index contributed by atoms with van der Waals surface area (Å²) in [6.45, 7) is 1.97. The summed E-state index contributed by atoms with van der Waals surface area (Å²) >= 11 is 0. The molecule has 2 atom stereocenters. The van der Waals surface area contributed by atoms with Crippen LogP contribution in [-0.4, -0.2) is 36.7 Å². The predicted molar refractivity (Wildman–Crippen MR) is 113 cm³/mol. The second kappa shape index (κ2) is 10.7. The lowest BCUT2D eigenvalue weighted by molar-refractivity contribution is 0.0976. The van der Waals surface area contributed by atoms with Crippen LogP contribution >= 0.6 is 0 Å². The molecule has 1 aliphatic rings. The molecule has 0 saturated heterocycles. The summed E-state index contributed by atoms with van der Waals surface area (Å²) in [6, 6.07) is 7.86. The van der Waals surface area contributed by atoms with Gasteiger partial charge in [0.15, 0.2) is 11.6 Å². The molecule has 0 spiro atoms. The molecule has 2 amide bonds. The van der Waals surface area contributed by atoms with Gasteiger partial charge in [-0.05, 0) is 56.5 Å². The van der Waals surface area contributed by atoms with Gasteiger partial charge in [0.25, 0.3) is 5.91 Å². The number of rotatable bonds is 5. The molecule has 2 aromatic rings. The number of halogens is 3. The standard InChI is InChI=1S/C22H23F3N4O3/c1-2-32-22(31)28-16-7-6-15(11-16)26-21(27-17-8-9-18(24)19(25)12-17)29-20(30)13-4-3-5-14(23)10-13/h3-5,8-10,12,15-16H,2,6-7,11H2,1H3,(H,28,31)(H2,26,27,29,30). The number of amides is 2. The molecular weight excluding hydrogens is 425 g/mol. The highest BCUT2D eigenvalue weighted by atomic mass is 19.2. The normalized spacial score (nSPS) is 18.2. The summed E-state index contributed by atoms with van der Waals surface area (Å²) in [7, 11) is 0. The van der Waals surface area contributed by atoms with Gasteiger partial charge in [0, 0.05) is 23.4 Å². The lowest BCUT2D eigenvalue weighted by Crippen LogP contribution is -2.37. The van der Waals surface area contributed by atoms with Crippen LogP contribution < -0.4 is 16.0 Å². The molecule has 0 heterocycles. The largest absolute Gasteiger partial charge is 0.450 e. The van der Waals surface area contributed by atoms with Crippen LogP contribution in [0.1, 0.15) is 36.5 Å². The van der Waals surface area contributed by atoms with Gasteiger partial charge in [-0.25, -0.2) is 23.0 Å². The van der Waals surface area contributed by atoms with Gasteiger partial charge < -0.3 is 15.4 Å². The van der Waals surface area contributed by atoms with Gasteiger partial charge in [0.2, 0.25) is 5.96 Å². The molecule has 2 aromatic carbocycles. The average molecular weight is 448 g/mol. The van der Waals surface area contributed by atoms with E-state index in [-0.39, 0.29) is 35.9 Å². The number of aliphatic imine (C=N–C) groups is 1. The number of hydrogen-bond acceptors (Lipinski definition) is 4. The van der Waals surface area contributed by atoms with Crippen molar-refractivity contribution >= 4 is 23.6 Å². The van der Waals surface area contributed by atoms with E-state index >= 15 is 0 Å².